The van der Waals surface area contributed by atoms with Crippen LogP contribution in [0.2, 0.25) is 0 Å². The molecule has 5 heteroatoms. The highest BCUT2D eigenvalue weighted by atomic mass is 16.5. The van der Waals surface area contributed by atoms with Crippen LogP contribution in [-0.2, 0) is 4.74 Å². The lowest BCUT2D eigenvalue weighted by atomic mass is 10.1. The van der Waals surface area contributed by atoms with Crippen molar-refractivity contribution >= 4 is 12.0 Å². The molecule has 17 heavy (non-hydrogen) atoms. The Morgan fingerprint density at radius 1 is 1.59 bits per heavy atom. The Labute approximate surface area is 99.3 Å². The zero-order chi connectivity index (χ0) is 12.5. The van der Waals surface area contributed by atoms with Crippen molar-refractivity contribution in [2.75, 3.05) is 13.2 Å². The summed E-state index contributed by atoms with van der Waals surface area (Å²) in [5, 5.41) is 3.38. The second-order valence-electron chi connectivity index (χ2n) is 3.16. The van der Waals surface area contributed by atoms with Crippen molar-refractivity contribution < 1.29 is 9.53 Å². The van der Waals surface area contributed by atoms with E-state index in [-0.39, 0.29) is 5.97 Å². The number of rotatable bonds is 5. The van der Waals surface area contributed by atoms with Gasteiger partial charge in [0.1, 0.15) is 0 Å². The monoisotopic (exact) mass is 231 g/mol. The lowest BCUT2D eigenvalue weighted by molar-refractivity contribution is 0.0526. The van der Waals surface area contributed by atoms with Crippen molar-refractivity contribution in [2.24, 2.45) is 5.11 Å². The van der Waals surface area contributed by atoms with Gasteiger partial charge in [-0.2, -0.15) is 0 Å². The molecule has 0 fully saturated rings. The first kappa shape index (κ1) is 12.8. The Bertz CT molecular complexity index is 463. The molecule has 0 saturated carbocycles. The largest absolute Gasteiger partial charge is 0.462 e. The summed E-state index contributed by atoms with van der Waals surface area (Å²) in [6.07, 6.45) is 3.52. The Morgan fingerprint density at radius 2 is 2.41 bits per heavy atom. The van der Waals surface area contributed by atoms with Crippen molar-refractivity contribution in [3.05, 3.63) is 51.9 Å². The minimum Gasteiger partial charge on any atom is -0.462 e. The quantitative estimate of drug-likeness (QED) is 0.338. The number of azide groups is 1. The fourth-order valence-electron chi connectivity index (χ4n) is 1.26. The van der Waals surface area contributed by atoms with Gasteiger partial charge in [0, 0.05) is 11.5 Å². The molecule has 0 heterocycles. The molecule has 1 aromatic rings. The Morgan fingerprint density at radius 3 is 3.12 bits per heavy atom. The van der Waals surface area contributed by atoms with Crippen LogP contribution in [0.5, 0.6) is 0 Å². The molecule has 0 atom stereocenters. The molecular weight excluding hydrogens is 218 g/mol. The highest BCUT2D eigenvalue weighted by Gasteiger charge is 2.05. The molecule has 0 radical (unpaired) electrons. The smallest absolute Gasteiger partial charge is 0.338 e. The second kappa shape index (κ2) is 7.09. The summed E-state index contributed by atoms with van der Waals surface area (Å²) >= 11 is 0. The summed E-state index contributed by atoms with van der Waals surface area (Å²) < 4.78 is 4.90. The normalized spacial score (nSPS) is 9.94. The van der Waals surface area contributed by atoms with E-state index in [9.17, 15) is 4.79 Å². The van der Waals surface area contributed by atoms with Crippen LogP contribution in [0.3, 0.4) is 0 Å². The molecule has 0 bridgehead atoms. The molecule has 5 nitrogen and oxygen atoms in total. The van der Waals surface area contributed by atoms with Crippen molar-refractivity contribution in [2.45, 2.75) is 6.92 Å². The maximum atomic E-state index is 11.5. The standard InChI is InChI=1S/C12H13N3O2/c1-2-17-12(16)11-7-3-5-10(9-11)6-4-8-14-15-13/h3-7,9H,2,8H2,1H3. The second-order valence-corrected chi connectivity index (χ2v) is 3.16. The minimum atomic E-state index is -0.335. The molecular formula is C12H13N3O2. The van der Waals surface area contributed by atoms with Gasteiger partial charge >= 0.3 is 5.97 Å². The van der Waals surface area contributed by atoms with Gasteiger partial charge in [-0.05, 0) is 30.2 Å². The van der Waals surface area contributed by atoms with Crippen molar-refractivity contribution in [1.82, 2.24) is 0 Å². The van der Waals surface area contributed by atoms with Gasteiger partial charge in [0.25, 0.3) is 0 Å². The van der Waals surface area contributed by atoms with Crippen molar-refractivity contribution in [1.29, 1.82) is 0 Å². The predicted octanol–water partition coefficient (Wildman–Crippen LogP) is 3.19. The maximum absolute atomic E-state index is 11.5. The van der Waals surface area contributed by atoms with E-state index in [1.54, 1.807) is 37.3 Å². The third kappa shape index (κ3) is 4.40. The van der Waals surface area contributed by atoms with Gasteiger partial charge in [0.2, 0.25) is 0 Å². The number of hydrogen-bond donors (Lipinski definition) is 0. The number of carbonyl (C=O) groups is 1. The Balaban J connectivity index is 2.75. The molecule has 88 valence electrons. The predicted molar refractivity (Wildman–Crippen MR) is 65.4 cm³/mol. The summed E-state index contributed by atoms with van der Waals surface area (Å²) in [5.41, 5.74) is 9.48. The highest BCUT2D eigenvalue weighted by molar-refractivity contribution is 5.90. The van der Waals surface area contributed by atoms with E-state index in [0.717, 1.165) is 5.56 Å². The van der Waals surface area contributed by atoms with Gasteiger partial charge in [0.05, 0.1) is 12.2 Å². The minimum absolute atomic E-state index is 0.292. The van der Waals surface area contributed by atoms with Crippen LogP contribution in [0.4, 0.5) is 0 Å². The molecule has 0 amide bonds. The SMILES string of the molecule is CCOC(=O)c1cccc(C=CCN=[N+]=[N-])c1. The third-order valence-corrected chi connectivity index (χ3v) is 1.96. The number of benzene rings is 1. The van der Waals surface area contributed by atoms with E-state index in [2.05, 4.69) is 10.0 Å². The van der Waals surface area contributed by atoms with Crippen LogP contribution in [0.15, 0.2) is 35.5 Å². The lowest BCUT2D eigenvalue weighted by Gasteiger charge is -2.02. The van der Waals surface area contributed by atoms with Crippen LogP contribution >= 0.6 is 0 Å². The summed E-state index contributed by atoms with van der Waals surface area (Å²) in [6, 6.07) is 7.06. The maximum Gasteiger partial charge on any atom is 0.338 e. The molecule has 0 N–H and O–H groups in total. The van der Waals surface area contributed by atoms with E-state index < -0.39 is 0 Å². The molecule has 0 aliphatic heterocycles. The van der Waals surface area contributed by atoms with E-state index in [1.165, 1.54) is 0 Å². The summed E-state index contributed by atoms with van der Waals surface area (Å²) in [6.45, 7) is 2.41. The van der Waals surface area contributed by atoms with E-state index in [1.807, 2.05) is 6.07 Å². The van der Waals surface area contributed by atoms with Gasteiger partial charge in [-0.3, -0.25) is 0 Å². The molecule has 0 aliphatic carbocycles. The van der Waals surface area contributed by atoms with Gasteiger partial charge < -0.3 is 4.74 Å². The Kier molecular flexibility index (Phi) is 5.34. The summed E-state index contributed by atoms with van der Waals surface area (Å²) in [4.78, 5) is 14.1. The number of esters is 1. The van der Waals surface area contributed by atoms with Crippen LogP contribution in [0.1, 0.15) is 22.8 Å². The zero-order valence-electron chi connectivity index (χ0n) is 9.54. The van der Waals surface area contributed by atoms with E-state index >= 15 is 0 Å². The first-order valence-corrected chi connectivity index (χ1v) is 5.22. The first-order chi connectivity index (χ1) is 8.27. The van der Waals surface area contributed by atoms with Crippen LogP contribution in [0, 0.1) is 0 Å². The van der Waals surface area contributed by atoms with Gasteiger partial charge in [-0.1, -0.05) is 29.4 Å². The third-order valence-electron chi connectivity index (χ3n) is 1.96. The van der Waals surface area contributed by atoms with Crippen LogP contribution < -0.4 is 0 Å². The molecule has 0 saturated heterocycles. The molecule has 0 aliphatic rings. The molecule has 1 aromatic carbocycles. The first-order valence-electron chi connectivity index (χ1n) is 5.22. The zero-order valence-corrected chi connectivity index (χ0v) is 9.54. The van der Waals surface area contributed by atoms with Gasteiger partial charge in [0.15, 0.2) is 0 Å². The summed E-state index contributed by atoms with van der Waals surface area (Å²) in [7, 11) is 0. The highest BCUT2D eigenvalue weighted by Crippen LogP contribution is 2.08. The van der Waals surface area contributed by atoms with Gasteiger partial charge in [-0.25, -0.2) is 4.79 Å². The topological polar surface area (TPSA) is 75.1 Å². The number of carbonyl (C=O) groups excluding carboxylic acids is 1. The summed E-state index contributed by atoms with van der Waals surface area (Å²) in [5.74, 6) is -0.335. The lowest BCUT2D eigenvalue weighted by Crippen LogP contribution is -2.04. The molecule has 0 unspecified atom stereocenters. The van der Waals surface area contributed by atoms with Crippen LogP contribution in [-0.4, -0.2) is 19.1 Å². The van der Waals surface area contributed by atoms with Crippen LogP contribution in [0.25, 0.3) is 16.5 Å². The average molecular weight is 231 g/mol. The number of nitrogens with zero attached hydrogens (tertiary/aromatic N) is 3. The molecule has 1 rings (SSSR count). The number of ether oxygens (including phenoxy) is 1. The van der Waals surface area contributed by atoms with Crippen molar-refractivity contribution in [3.63, 3.8) is 0 Å². The average Bonchev–Trinajstić information content (AvgIpc) is 2.35. The molecule has 0 spiro atoms. The fourth-order valence-corrected chi connectivity index (χ4v) is 1.26. The van der Waals surface area contributed by atoms with Gasteiger partial charge in [-0.15, -0.1) is 0 Å². The van der Waals surface area contributed by atoms with E-state index in [4.69, 9.17) is 10.3 Å². The fraction of sp³-hybridized carbons (Fsp3) is 0.250. The number of hydrogen-bond acceptors (Lipinski definition) is 3. The Hall–Kier alpha value is -2.26. The molecule has 0 aromatic heterocycles. The van der Waals surface area contributed by atoms with Crippen molar-refractivity contribution in [3.8, 4) is 0 Å². The van der Waals surface area contributed by atoms with E-state index in [0.29, 0.717) is 18.7 Å².